The van der Waals surface area contributed by atoms with Crippen LogP contribution in [0.5, 0.6) is 0 Å². The molecule has 4 heteroatoms. The fourth-order valence-electron chi connectivity index (χ4n) is 2.24. The molecule has 0 aromatic heterocycles. The summed E-state index contributed by atoms with van der Waals surface area (Å²) in [7, 11) is 1.69. The number of ether oxygens (including phenoxy) is 1. The summed E-state index contributed by atoms with van der Waals surface area (Å²) >= 11 is 0. The number of hydrogen-bond acceptors (Lipinski definition) is 3. The number of anilines is 1. The summed E-state index contributed by atoms with van der Waals surface area (Å²) in [6.07, 6.45) is 3.40. The molecule has 2 rings (SSSR count). The number of hydrogen-bond donors (Lipinski definition) is 1. The van der Waals surface area contributed by atoms with Crippen molar-refractivity contribution >= 4 is 11.6 Å². The van der Waals surface area contributed by atoms with E-state index in [1.165, 1.54) is 5.57 Å². The Labute approximate surface area is 113 Å². The number of nitrogens with zero attached hydrogens (tertiary/aromatic N) is 1. The summed E-state index contributed by atoms with van der Waals surface area (Å²) in [5.41, 5.74) is 8.66. The maximum absolute atomic E-state index is 12.2. The number of carbonyl (C=O) groups excluding carboxylic acids is 1. The summed E-state index contributed by atoms with van der Waals surface area (Å²) in [4.78, 5) is 14.0. The molecule has 4 nitrogen and oxygen atoms in total. The van der Waals surface area contributed by atoms with Crippen LogP contribution in [0.4, 0.5) is 5.69 Å². The molecule has 0 saturated carbocycles. The minimum atomic E-state index is 0.151. The van der Waals surface area contributed by atoms with Crippen molar-refractivity contribution in [2.24, 2.45) is 0 Å². The highest BCUT2D eigenvalue weighted by Gasteiger charge is 2.17. The zero-order valence-electron chi connectivity index (χ0n) is 11.3. The molecule has 0 spiro atoms. The van der Waals surface area contributed by atoms with Crippen molar-refractivity contribution in [2.75, 3.05) is 32.5 Å². The van der Waals surface area contributed by atoms with Gasteiger partial charge in [0, 0.05) is 25.9 Å². The van der Waals surface area contributed by atoms with Crippen molar-refractivity contribution in [3.63, 3.8) is 0 Å². The van der Waals surface area contributed by atoms with Crippen LogP contribution >= 0.6 is 0 Å². The van der Waals surface area contributed by atoms with Crippen molar-refractivity contribution in [3.8, 4) is 0 Å². The lowest BCUT2D eigenvalue weighted by Gasteiger charge is -2.26. The smallest absolute Gasteiger partial charge is 0.227 e. The van der Waals surface area contributed by atoms with Crippen molar-refractivity contribution < 1.29 is 9.53 Å². The van der Waals surface area contributed by atoms with Gasteiger partial charge in [-0.2, -0.15) is 0 Å². The van der Waals surface area contributed by atoms with Crippen LogP contribution in [0.3, 0.4) is 0 Å². The highest BCUT2D eigenvalue weighted by atomic mass is 16.5. The van der Waals surface area contributed by atoms with E-state index in [9.17, 15) is 4.79 Å². The molecule has 0 fully saturated rings. The number of benzene rings is 1. The largest absolute Gasteiger partial charge is 0.399 e. The Morgan fingerprint density at radius 2 is 2.32 bits per heavy atom. The summed E-state index contributed by atoms with van der Waals surface area (Å²) in [6.45, 7) is 2.12. The van der Waals surface area contributed by atoms with Crippen LogP contribution in [0.2, 0.25) is 0 Å². The van der Waals surface area contributed by atoms with Gasteiger partial charge in [-0.15, -0.1) is 0 Å². The van der Waals surface area contributed by atoms with Gasteiger partial charge in [0.2, 0.25) is 5.91 Å². The lowest BCUT2D eigenvalue weighted by molar-refractivity contribution is -0.130. The van der Waals surface area contributed by atoms with Crippen LogP contribution in [-0.2, 0) is 16.0 Å². The second-order valence-electron chi connectivity index (χ2n) is 4.81. The van der Waals surface area contributed by atoms with Crippen LogP contribution in [0.25, 0.3) is 0 Å². The molecule has 1 aromatic rings. The zero-order chi connectivity index (χ0) is 13.7. The Morgan fingerprint density at radius 1 is 1.47 bits per heavy atom. The molecule has 0 atom stereocenters. The number of amides is 1. The van der Waals surface area contributed by atoms with Gasteiger partial charge >= 0.3 is 0 Å². The topological polar surface area (TPSA) is 55.6 Å². The van der Waals surface area contributed by atoms with Crippen LogP contribution in [0.15, 0.2) is 35.9 Å². The zero-order valence-corrected chi connectivity index (χ0v) is 11.3. The van der Waals surface area contributed by atoms with Gasteiger partial charge in [0.1, 0.15) is 0 Å². The van der Waals surface area contributed by atoms with Crippen molar-refractivity contribution in [1.82, 2.24) is 4.90 Å². The first kappa shape index (κ1) is 13.6. The lowest BCUT2D eigenvalue weighted by Crippen LogP contribution is -2.36. The predicted molar refractivity (Wildman–Crippen MR) is 75.7 cm³/mol. The third-order valence-corrected chi connectivity index (χ3v) is 3.29. The van der Waals surface area contributed by atoms with Crippen LogP contribution < -0.4 is 5.73 Å². The molecule has 0 bridgehead atoms. The van der Waals surface area contributed by atoms with Gasteiger partial charge in [-0.1, -0.05) is 18.2 Å². The fraction of sp³-hybridized carbons (Fsp3) is 0.400. The predicted octanol–water partition coefficient (Wildman–Crippen LogP) is 1.62. The quantitative estimate of drug-likeness (QED) is 0.661. The Balaban J connectivity index is 1.91. The Morgan fingerprint density at radius 3 is 2.95 bits per heavy atom. The summed E-state index contributed by atoms with van der Waals surface area (Å²) < 4.78 is 5.10. The van der Waals surface area contributed by atoms with Crippen LogP contribution in [0.1, 0.15) is 12.0 Å². The van der Waals surface area contributed by atoms with Crippen molar-refractivity contribution in [1.29, 1.82) is 0 Å². The van der Waals surface area contributed by atoms with E-state index in [2.05, 4.69) is 6.08 Å². The van der Waals surface area contributed by atoms with Crippen LogP contribution in [0, 0.1) is 0 Å². The Bertz CT molecular complexity index is 483. The molecule has 2 N–H and O–H groups in total. The average Bonchev–Trinajstić information content (AvgIpc) is 2.40. The molecule has 19 heavy (non-hydrogen) atoms. The second-order valence-corrected chi connectivity index (χ2v) is 4.81. The van der Waals surface area contributed by atoms with E-state index in [0.29, 0.717) is 25.3 Å². The highest BCUT2D eigenvalue weighted by Crippen LogP contribution is 2.13. The Hall–Kier alpha value is -1.81. The van der Waals surface area contributed by atoms with Gasteiger partial charge in [-0.05, 0) is 29.7 Å². The molecule has 1 amide bonds. The van der Waals surface area contributed by atoms with E-state index >= 15 is 0 Å². The molecule has 0 radical (unpaired) electrons. The van der Waals surface area contributed by atoms with E-state index in [-0.39, 0.29) is 5.91 Å². The van der Waals surface area contributed by atoms with E-state index in [0.717, 1.165) is 18.5 Å². The van der Waals surface area contributed by atoms with Gasteiger partial charge in [0.05, 0.1) is 13.0 Å². The van der Waals surface area contributed by atoms with Crippen molar-refractivity contribution in [2.45, 2.75) is 12.8 Å². The van der Waals surface area contributed by atoms with Gasteiger partial charge in [-0.25, -0.2) is 0 Å². The number of rotatable bonds is 4. The number of methoxy groups -OCH3 is 1. The van der Waals surface area contributed by atoms with Gasteiger partial charge in [-0.3, -0.25) is 4.79 Å². The normalized spacial score (nSPS) is 15.2. The fourth-order valence-corrected chi connectivity index (χ4v) is 2.24. The average molecular weight is 260 g/mol. The molecule has 0 aliphatic carbocycles. The van der Waals surface area contributed by atoms with Crippen molar-refractivity contribution in [3.05, 3.63) is 41.5 Å². The molecule has 1 aromatic carbocycles. The standard InChI is InChI=1S/C15H20N2O2/c1-19-11-12-5-7-17(8-6-12)15(18)10-13-3-2-4-14(16)9-13/h2-5,9H,6-8,10-11,16H2,1H3. The SMILES string of the molecule is COCC1=CCN(C(=O)Cc2cccc(N)c2)CC1. The lowest BCUT2D eigenvalue weighted by atomic mass is 10.1. The highest BCUT2D eigenvalue weighted by molar-refractivity contribution is 5.79. The minimum absolute atomic E-state index is 0.151. The van der Waals surface area contributed by atoms with Gasteiger partial charge in [0.15, 0.2) is 0 Å². The number of nitrogens with two attached hydrogens (primary N) is 1. The molecule has 1 aliphatic rings. The molecule has 1 heterocycles. The van der Waals surface area contributed by atoms with Crippen LogP contribution in [-0.4, -0.2) is 37.6 Å². The van der Waals surface area contributed by atoms with E-state index < -0.39 is 0 Å². The van der Waals surface area contributed by atoms with E-state index in [4.69, 9.17) is 10.5 Å². The van der Waals surface area contributed by atoms with Gasteiger partial charge in [0.25, 0.3) is 0 Å². The first-order valence-corrected chi connectivity index (χ1v) is 6.48. The molecule has 1 aliphatic heterocycles. The first-order chi connectivity index (χ1) is 9.19. The summed E-state index contributed by atoms with van der Waals surface area (Å²) in [5.74, 6) is 0.151. The molecule has 0 saturated heterocycles. The van der Waals surface area contributed by atoms with E-state index in [1.54, 1.807) is 7.11 Å². The van der Waals surface area contributed by atoms with E-state index in [1.807, 2.05) is 29.2 Å². The third-order valence-electron chi connectivity index (χ3n) is 3.29. The molecular weight excluding hydrogens is 240 g/mol. The molecule has 102 valence electrons. The second kappa shape index (κ2) is 6.38. The molecular formula is C15H20N2O2. The number of nitrogen functional groups attached to an aromatic ring is 1. The Kier molecular flexibility index (Phi) is 4.58. The summed E-state index contributed by atoms with van der Waals surface area (Å²) in [6, 6.07) is 7.50. The monoisotopic (exact) mass is 260 g/mol. The first-order valence-electron chi connectivity index (χ1n) is 6.48. The maximum atomic E-state index is 12.2. The summed E-state index contributed by atoms with van der Waals surface area (Å²) in [5, 5.41) is 0. The minimum Gasteiger partial charge on any atom is -0.399 e. The molecule has 0 unspecified atom stereocenters. The van der Waals surface area contributed by atoms with Gasteiger partial charge < -0.3 is 15.4 Å². The maximum Gasteiger partial charge on any atom is 0.227 e. The third kappa shape index (κ3) is 3.83. The number of carbonyl (C=O) groups is 1.